The first-order valence-electron chi connectivity index (χ1n) is 11.4. The summed E-state index contributed by atoms with van der Waals surface area (Å²) in [5, 5.41) is 7.59. The number of hydrogen-bond donors (Lipinski definition) is 1. The molecule has 1 aromatic rings. The lowest BCUT2D eigenvalue weighted by molar-refractivity contribution is -0.0677. The molecule has 0 saturated carbocycles. The maximum absolute atomic E-state index is 13.9. The zero-order chi connectivity index (χ0) is 20.5. The molecule has 5 rings (SSSR count). The van der Waals surface area contributed by atoms with E-state index in [9.17, 15) is 9.18 Å². The van der Waals surface area contributed by atoms with Gasteiger partial charge in [-0.1, -0.05) is 6.08 Å². The molecule has 0 aromatic carbocycles. The number of halogens is 1. The fourth-order valence-corrected chi connectivity index (χ4v) is 5.17. The van der Waals surface area contributed by atoms with Crippen LogP contribution in [0.5, 0.6) is 0 Å². The van der Waals surface area contributed by atoms with E-state index in [4.69, 9.17) is 4.74 Å². The Bertz CT molecular complexity index is 849. The predicted molar refractivity (Wildman–Crippen MR) is 112 cm³/mol. The number of fused-ring (bicyclic) bond motifs is 1. The van der Waals surface area contributed by atoms with Crippen molar-refractivity contribution in [1.29, 1.82) is 0 Å². The molecule has 0 bridgehead atoms. The number of carbonyl (C=O) groups excluding carboxylic acids is 1. The average Bonchev–Trinajstić information content (AvgIpc) is 2.87. The predicted octanol–water partition coefficient (Wildman–Crippen LogP) is 3.37. The number of aromatic nitrogens is 2. The molecule has 0 spiro atoms. The molecule has 3 aliphatic heterocycles. The van der Waals surface area contributed by atoms with Crippen LogP contribution in [0.4, 0.5) is 4.39 Å². The summed E-state index contributed by atoms with van der Waals surface area (Å²) in [7, 11) is 0. The number of aromatic amines is 1. The molecule has 6 nitrogen and oxygen atoms in total. The summed E-state index contributed by atoms with van der Waals surface area (Å²) in [6.07, 6.45) is 10.0. The van der Waals surface area contributed by atoms with Crippen LogP contribution < -0.4 is 0 Å². The van der Waals surface area contributed by atoms with Gasteiger partial charge in [-0.2, -0.15) is 5.10 Å². The molecule has 2 fully saturated rings. The highest BCUT2D eigenvalue weighted by Crippen LogP contribution is 2.31. The van der Waals surface area contributed by atoms with Crippen LogP contribution in [0.15, 0.2) is 23.6 Å². The van der Waals surface area contributed by atoms with Crippen LogP contribution in [-0.4, -0.2) is 64.8 Å². The third-order valence-electron chi connectivity index (χ3n) is 7.10. The summed E-state index contributed by atoms with van der Waals surface area (Å²) in [4.78, 5) is 17.6. The molecule has 4 aliphatic rings. The Kier molecular flexibility index (Phi) is 5.74. The van der Waals surface area contributed by atoms with Crippen LogP contribution in [0.25, 0.3) is 0 Å². The number of H-pyrrole nitrogens is 1. The highest BCUT2D eigenvalue weighted by Gasteiger charge is 2.32. The summed E-state index contributed by atoms with van der Waals surface area (Å²) in [6, 6.07) is 0.495. The molecule has 0 radical (unpaired) electrons. The minimum atomic E-state index is -0.000946. The van der Waals surface area contributed by atoms with Gasteiger partial charge in [-0.15, -0.1) is 0 Å². The van der Waals surface area contributed by atoms with Gasteiger partial charge in [0, 0.05) is 25.2 Å². The molecular formula is C23H31FN4O2. The molecule has 4 heterocycles. The maximum Gasteiger partial charge on any atom is 0.274 e. The van der Waals surface area contributed by atoms with Gasteiger partial charge in [0.2, 0.25) is 0 Å². The quantitative estimate of drug-likeness (QED) is 0.824. The van der Waals surface area contributed by atoms with Crippen molar-refractivity contribution in [1.82, 2.24) is 20.0 Å². The molecular weight excluding hydrogens is 383 g/mol. The largest absolute Gasteiger partial charge is 0.378 e. The summed E-state index contributed by atoms with van der Waals surface area (Å²) < 4.78 is 19.2. The molecule has 7 heteroatoms. The van der Waals surface area contributed by atoms with Gasteiger partial charge in [0.1, 0.15) is 5.83 Å². The van der Waals surface area contributed by atoms with Crippen molar-refractivity contribution >= 4 is 5.91 Å². The summed E-state index contributed by atoms with van der Waals surface area (Å²) in [5.74, 6) is 0.398. The lowest BCUT2D eigenvalue weighted by atomic mass is 9.88. The number of nitrogens with one attached hydrogen (secondary N) is 1. The van der Waals surface area contributed by atoms with E-state index in [1.54, 1.807) is 6.08 Å². The van der Waals surface area contributed by atoms with Crippen molar-refractivity contribution < 1.29 is 13.9 Å². The normalized spacial score (nSPS) is 24.4. The number of allylic oxidation sites excluding steroid dienone is 4. The van der Waals surface area contributed by atoms with E-state index in [2.05, 4.69) is 21.2 Å². The van der Waals surface area contributed by atoms with E-state index in [0.29, 0.717) is 37.2 Å². The minimum absolute atomic E-state index is 0.000946. The highest BCUT2D eigenvalue weighted by molar-refractivity contribution is 5.94. The fourth-order valence-electron chi connectivity index (χ4n) is 5.17. The smallest absolute Gasteiger partial charge is 0.274 e. The van der Waals surface area contributed by atoms with Gasteiger partial charge >= 0.3 is 0 Å². The molecule has 1 aliphatic carbocycles. The van der Waals surface area contributed by atoms with Crippen LogP contribution in [0, 0.1) is 5.92 Å². The Morgan fingerprint density at radius 3 is 2.77 bits per heavy atom. The second-order valence-corrected chi connectivity index (χ2v) is 9.05. The first kappa shape index (κ1) is 19.9. The van der Waals surface area contributed by atoms with Crippen molar-refractivity contribution in [2.45, 2.75) is 57.5 Å². The van der Waals surface area contributed by atoms with Crippen LogP contribution in [0.3, 0.4) is 0 Å². The van der Waals surface area contributed by atoms with Crippen molar-refractivity contribution in [3.8, 4) is 0 Å². The van der Waals surface area contributed by atoms with Crippen molar-refractivity contribution in [3.05, 3.63) is 40.5 Å². The minimum Gasteiger partial charge on any atom is -0.378 e. The van der Waals surface area contributed by atoms with E-state index in [1.165, 1.54) is 0 Å². The summed E-state index contributed by atoms with van der Waals surface area (Å²) in [5.41, 5.74) is 3.92. The molecule has 0 atom stereocenters. The van der Waals surface area contributed by atoms with E-state index in [-0.39, 0.29) is 11.7 Å². The van der Waals surface area contributed by atoms with E-state index in [0.717, 1.165) is 81.7 Å². The molecule has 1 amide bonds. The second kappa shape index (κ2) is 8.63. The fraction of sp³-hybridized carbons (Fsp3) is 0.652. The Balaban J connectivity index is 1.24. The molecule has 162 valence electrons. The first-order valence-corrected chi connectivity index (χ1v) is 11.4. The van der Waals surface area contributed by atoms with Gasteiger partial charge < -0.3 is 9.64 Å². The summed E-state index contributed by atoms with van der Waals surface area (Å²) in [6.45, 7) is 4.89. The zero-order valence-corrected chi connectivity index (χ0v) is 17.5. The van der Waals surface area contributed by atoms with Crippen molar-refractivity contribution in [3.63, 3.8) is 0 Å². The van der Waals surface area contributed by atoms with E-state index < -0.39 is 0 Å². The number of ether oxygens (including phenoxy) is 1. The number of piperidine rings is 1. The molecule has 30 heavy (non-hydrogen) atoms. The highest BCUT2D eigenvalue weighted by atomic mass is 19.1. The molecule has 1 aromatic heterocycles. The Morgan fingerprint density at radius 1 is 1.17 bits per heavy atom. The van der Waals surface area contributed by atoms with Gasteiger partial charge in [-0.3, -0.25) is 14.8 Å². The first-order chi connectivity index (χ1) is 14.7. The topological polar surface area (TPSA) is 61.5 Å². The van der Waals surface area contributed by atoms with Gasteiger partial charge in [0.15, 0.2) is 5.69 Å². The van der Waals surface area contributed by atoms with Gasteiger partial charge in [0.25, 0.3) is 5.91 Å². The third kappa shape index (κ3) is 3.97. The number of amides is 1. The Hall–Kier alpha value is -1.99. The lowest BCUT2D eigenvalue weighted by Crippen LogP contribution is -2.48. The molecule has 2 saturated heterocycles. The molecule has 1 N–H and O–H groups in total. The summed E-state index contributed by atoms with van der Waals surface area (Å²) >= 11 is 0. The number of rotatable bonds is 3. The van der Waals surface area contributed by atoms with Gasteiger partial charge in [-0.25, -0.2) is 4.39 Å². The number of likely N-dealkylation sites (tertiary alicyclic amines) is 1. The Labute approximate surface area is 177 Å². The van der Waals surface area contributed by atoms with Crippen LogP contribution in [0.1, 0.15) is 60.3 Å². The maximum atomic E-state index is 13.9. The van der Waals surface area contributed by atoms with Gasteiger partial charge in [-0.05, 0) is 69.1 Å². The standard InChI is InChI=1S/C23H31FN4O2/c24-18-5-2-1-4-17(12-18)16-7-10-27(11-8-16)23(29)22-20-6-3-9-28(19-14-30-15-19)13-21(20)25-26-22/h4,12,16,19H,1-3,5-11,13-15H2,(H,25,26). The van der Waals surface area contributed by atoms with Gasteiger partial charge in [0.05, 0.1) is 24.9 Å². The van der Waals surface area contributed by atoms with Crippen molar-refractivity contribution in [2.75, 3.05) is 32.8 Å². The zero-order valence-electron chi connectivity index (χ0n) is 17.5. The monoisotopic (exact) mass is 414 g/mol. The van der Waals surface area contributed by atoms with Crippen LogP contribution in [-0.2, 0) is 17.7 Å². The SMILES string of the molecule is O=C(c1n[nH]c2c1CCCN(C1COC1)C2)N1CCC(C2=CCCCC(F)=C2)CC1. The van der Waals surface area contributed by atoms with Crippen molar-refractivity contribution in [2.24, 2.45) is 5.92 Å². The lowest BCUT2D eigenvalue weighted by Gasteiger charge is -2.36. The Morgan fingerprint density at radius 2 is 2.00 bits per heavy atom. The number of hydrogen-bond acceptors (Lipinski definition) is 4. The molecule has 0 unspecified atom stereocenters. The number of carbonyl (C=O) groups is 1. The second-order valence-electron chi connectivity index (χ2n) is 9.05. The van der Waals surface area contributed by atoms with E-state index in [1.807, 2.05) is 4.90 Å². The third-order valence-corrected chi connectivity index (χ3v) is 7.10. The number of nitrogens with zero attached hydrogens (tertiary/aromatic N) is 3. The van der Waals surface area contributed by atoms with Crippen LogP contribution >= 0.6 is 0 Å². The van der Waals surface area contributed by atoms with E-state index >= 15 is 0 Å². The van der Waals surface area contributed by atoms with Crippen LogP contribution in [0.2, 0.25) is 0 Å². The average molecular weight is 415 g/mol.